The molecule has 1 aromatic carbocycles. The molecule has 6 rings (SSSR count). The lowest BCUT2D eigenvalue weighted by Crippen LogP contribution is -2.32. The van der Waals surface area contributed by atoms with Crippen molar-refractivity contribution < 1.29 is 13.5 Å². The Hall–Kier alpha value is -3.62. The van der Waals surface area contributed by atoms with Crippen molar-refractivity contribution in [2.45, 2.75) is 38.7 Å². The van der Waals surface area contributed by atoms with Crippen LogP contribution in [-0.4, -0.2) is 44.0 Å². The summed E-state index contributed by atoms with van der Waals surface area (Å²) in [6, 6.07) is 8.07. The topological polar surface area (TPSA) is 79.8 Å². The molecule has 0 amide bonds. The third-order valence-electron chi connectivity index (χ3n) is 6.30. The Morgan fingerprint density at radius 2 is 2.03 bits per heavy atom. The van der Waals surface area contributed by atoms with Gasteiger partial charge < -0.3 is 14.6 Å². The number of aryl methyl sites for hydroxylation is 2. The van der Waals surface area contributed by atoms with Crippen LogP contribution in [0.1, 0.15) is 29.1 Å². The molecule has 0 fully saturated rings. The van der Waals surface area contributed by atoms with Crippen LogP contribution in [0.2, 0.25) is 0 Å². The molecule has 0 unspecified atom stereocenters. The van der Waals surface area contributed by atoms with Crippen LogP contribution in [0.4, 0.5) is 14.6 Å². The maximum atomic E-state index is 14.2. The summed E-state index contributed by atoms with van der Waals surface area (Å²) < 4.78 is 34.4. The largest absolute Gasteiger partial charge is 0.491 e. The Morgan fingerprint density at radius 1 is 1.12 bits per heavy atom. The number of alkyl halides is 2. The molecular weight excluding hydrogens is 426 g/mol. The Labute approximate surface area is 188 Å². The molecule has 168 valence electrons. The second-order valence-electron chi connectivity index (χ2n) is 8.67. The number of hydrogen-bond donors (Lipinski definition) is 1. The van der Waals surface area contributed by atoms with Gasteiger partial charge >= 0.3 is 0 Å². The lowest BCUT2D eigenvalue weighted by atomic mass is 9.92. The number of rotatable bonds is 2. The van der Waals surface area contributed by atoms with E-state index in [4.69, 9.17) is 4.74 Å². The lowest BCUT2D eigenvalue weighted by Gasteiger charge is -2.29. The van der Waals surface area contributed by atoms with Crippen molar-refractivity contribution in [3.8, 4) is 16.9 Å². The highest BCUT2D eigenvalue weighted by Crippen LogP contribution is 2.37. The van der Waals surface area contributed by atoms with Crippen LogP contribution < -0.4 is 9.64 Å². The summed E-state index contributed by atoms with van der Waals surface area (Å²) in [7, 11) is 0. The number of aromatic amines is 1. The fraction of sp³-hybridized carbons (Fsp3) is 0.333. The van der Waals surface area contributed by atoms with Gasteiger partial charge in [-0.2, -0.15) is 0 Å². The van der Waals surface area contributed by atoms with E-state index in [1.54, 1.807) is 0 Å². The number of H-pyrrole nitrogens is 1. The summed E-state index contributed by atoms with van der Waals surface area (Å²) in [5.41, 5.74) is 5.77. The van der Waals surface area contributed by atoms with Crippen LogP contribution in [0.25, 0.3) is 22.3 Å². The van der Waals surface area contributed by atoms with E-state index < -0.39 is 5.92 Å². The predicted octanol–water partition coefficient (Wildman–Crippen LogP) is 4.25. The third-order valence-corrected chi connectivity index (χ3v) is 6.30. The molecular formula is C24H22F2N6O. The molecule has 1 aliphatic carbocycles. The van der Waals surface area contributed by atoms with Gasteiger partial charge in [0.2, 0.25) is 0 Å². The Kier molecular flexibility index (Phi) is 4.53. The molecule has 2 aliphatic rings. The zero-order chi connectivity index (χ0) is 22.6. The molecule has 1 N–H and O–H groups in total. The van der Waals surface area contributed by atoms with E-state index in [2.05, 4.69) is 31.0 Å². The summed E-state index contributed by atoms with van der Waals surface area (Å²) >= 11 is 0. The highest BCUT2D eigenvalue weighted by molar-refractivity contribution is 5.78. The number of hydrogen-bond acceptors (Lipinski definition) is 6. The van der Waals surface area contributed by atoms with Gasteiger partial charge in [0.15, 0.2) is 5.65 Å². The molecule has 3 aromatic heterocycles. The fourth-order valence-corrected chi connectivity index (χ4v) is 4.69. The Bertz CT molecular complexity index is 1370. The molecule has 0 saturated carbocycles. The van der Waals surface area contributed by atoms with Crippen molar-refractivity contribution in [2.75, 3.05) is 18.1 Å². The molecule has 0 atom stereocenters. The van der Waals surface area contributed by atoms with Gasteiger partial charge in [-0.25, -0.2) is 28.7 Å². The number of nitrogens with zero attached hydrogens (tertiary/aromatic N) is 5. The first kappa shape index (κ1) is 20.0. The van der Waals surface area contributed by atoms with Gasteiger partial charge in [0.1, 0.15) is 30.3 Å². The Balaban J connectivity index is 1.36. The SMILES string of the molecule is Cc1nc2ncc(-c3ccc4c(c3)CN(c3ncnc5c3CC(F)(F)CC5)CCO4)cc2[nH]1. The van der Waals surface area contributed by atoms with Crippen LogP contribution >= 0.6 is 0 Å². The van der Waals surface area contributed by atoms with Gasteiger partial charge in [-0.3, -0.25) is 0 Å². The van der Waals surface area contributed by atoms with Crippen molar-refractivity contribution in [1.82, 2.24) is 24.9 Å². The van der Waals surface area contributed by atoms with Crippen molar-refractivity contribution in [2.24, 2.45) is 0 Å². The molecule has 9 heteroatoms. The molecule has 7 nitrogen and oxygen atoms in total. The molecule has 0 radical (unpaired) electrons. The summed E-state index contributed by atoms with van der Waals surface area (Å²) in [6.07, 6.45) is 3.07. The van der Waals surface area contributed by atoms with Gasteiger partial charge in [-0.15, -0.1) is 0 Å². The second kappa shape index (κ2) is 7.47. The van der Waals surface area contributed by atoms with Crippen molar-refractivity contribution in [1.29, 1.82) is 0 Å². The number of imidazole rings is 1. The number of fused-ring (bicyclic) bond motifs is 3. The molecule has 0 spiro atoms. The minimum atomic E-state index is -2.73. The number of benzene rings is 1. The van der Waals surface area contributed by atoms with Crippen LogP contribution in [-0.2, 0) is 19.4 Å². The Morgan fingerprint density at radius 3 is 2.94 bits per heavy atom. The average Bonchev–Trinajstić information content (AvgIpc) is 3.04. The molecule has 1 aliphatic heterocycles. The van der Waals surface area contributed by atoms with Gasteiger partial charge in [-0.05, 0) is 37.1 Å². The van der Waals surface area contributed by atoms with E-state index in [1.807, 2.05) is 36.2 Å². The van der Waals surface area contributed by atoms with E-state index in [1.165, 1.54) is 6.33 Å². The summed E-state index contributed by atoms with van der Waals surface area (Å²) in [5.74, 6) is -0.533. The average molecular weight is 448 g/mol. The number of pyridine rings is 1. The maximum absolute atomic E-state index is 14.2. The standard InChI is InChI=1S/C24H22F2N6O/c1-14-30-20-9-16(11-27-22(20)31-14)15-2-3-21-17(8-15)12-32(6-7-33-21)23-18-10-24(25,26)5-4-19(18)28-13-29-23/h2-3,8-9,11,13H,4-7,10,12H2,1H3,(H,27,30,31). The lowest BCUT2D eigenvalue weighted by molar-refractivity contribution is -0.0128. The fourth-order valence-electron chi connectivity index (χ4n) is 4.69. The summed E-state index contributed by atoms with van der Waals surface area (Å²) in [5, 5.41) is 0. The quantitative estimate of drug-likeness (QED) is 0.494. The van der Waals surface area contributed by atoms with Crippen LogP contribution in [0.3, 0.4) is 0 Å². The molecule has 0 bridgehead atoms. The van der Waals surface area contributed by atoms with Crippen molar-refractivity contribution in [3.63, 3.8) is 0 Å². The normalized spacial score (nSPS) is 17.2. The van der Waals surface area contributed by atoms with E-state index in [9.17, 15) is 8.78 Å². The molecule has 4 heterocycles. The number of anilines is 1. The number of nitrogens with one attached hydrogen (secondary N) is 1. The minimum Gasteiger partial charge on any atom is -0.491 e. The second-order valence-corrected chi connectivity index (χ2v) is 8.67. The van der Waals surface area contributed by atoms with E-state index in [0.717, 1.165) is 39.5 Å². The van der Waals surface area contributed by atoms with Crippen molar-refractivity contribution in [3.05, 3.63) is 59.4 Å². The maximum Gasteiger partial charge on any atom is 0.252 e. The third kappa shape index (κ3) is 3.67. The van der Waals surface area contributed by atoms with Crippen LogP contribution in [0, 0.1) is 6.92 Å². The first-order chi connectivity index (χ1) is 15.9. The summed E-state index contributed by atoms with van der Waals surface area (Å²) in [6.45, 7) is 3.41. The number of halogens is 2. The predicted molar refractivity (Wildman–Crippen MR) is 120 cm³/mol. The minimum absolute atomic E-state index is 0.167. The highest BCUT2D eigenvalue weighted by atomic mass is 19.3. The highest BCUT2D eigenvalue weighted by Gasteiger charge is 2.37. The zero-order valence-electron chi connectivity index (χ0n) is 18.1. The van der Waals surface area contributed by atoms with Gasteiger partial charge in [0, 0.05) is 48.0 Å². The van der Waals surface area contributed by atoms with Gasteiger partial charge in [0.25, 0.3) is 5.92 Å². The zero-order valence-corrected chi connectivity index (χ0v) is 18.1. The van der Waals surface area contributed by atoms with Crippen LogP contribution in [0.15, 0.2) is 36.8 Å². The van der Waals surface area contributed by atoms with E-state index in [-0.39, 0.29) is 19.3 Å². The first-order valence-corrected chi connectivity index (χ1v) is 11.0. The first-order valence-electron chi connectivity index (χ1n) is 11.0. The van der Waals surface area contributed by atoms with E-state index in [0.29, 0.717) is 36.7 Å². The number of aromatic nitrogens is 5. The van der Waals surface area contributed by atoms with Gasteiger partial charge in [0.05, 0.1) is 12.1 Å². The molecule has 0 saturated heterocycles. The summed E-state index contributed by atoms with van der Waals surface area (Å²) in [4.78, 5) is 22.8. The molecule has 4 aromatic rings. The monoisotopic (exact) mass is 448 g/mol. The number of ether oxygens (including phenoxy) is 1. The van der Waals surface area contributed by atoms with E-state index >= 15 is 0 Å². The van der Waals surface area contributed by atoms with Crippen LogP contribution in [0.5, 0.6) is 5.75 Å². The smallest absolute Gasteiger partial charge is 0.252 e. The molecule has 33 heavy (non-hydrogen) atoms. The van der Waals surface area contributed by atoms with Crippen molar-refractivity contribution >= 4 is 17.0 Å². The van der Waals surface area contributed by atoms with Gasteiger partial charge in [-0.1, -0.05) is 6.07 Å².